The second kappa shape index (κ2) is 8.03. The van der Waals surface area contributed by atoms with Crippen LogP contribution in [0.1, 0.15) is 26.2 Å². The predicted molar refractivity (Wildman–Crippen MR) is 77.6 cm³/mol. The first-order valence-corrected chi connectivity index (χ1v) is 7.28. The molecule has 4 heteroatoms. The van der Waals surface area contributed by atoms with Gasteiger partial charge in [0.1, 0.15) is 0 Å². The largest absolute Gasteiger partial charge is 0.481 e. The highest BCUT2D eigenvalue weighted by atomic mass is 32.2. The monoisotopic (exact) mass is 267 g/mol. The average Bonchev–Trinajstić information content (AvgIpc) is 2.35. The van der Waals surface area contributed by atoms with Crippen LogP contribution in [0.4, 0.5) is 5.69 Å². The third kappa shape index (κ3) is 5.45. The summed E-state index contributed by atoms with van der Waals surface area (Å²) in [4.78, 5) is 13.9. The Kier molecular flexibility index (Phi) is 6.65. The lowest BCUT2D eigenvalue weighted by Gasteiger charge is -2.19. The normalized spacial score (nSPS) is 10.3. The molecular weight excluding hydrogens is 246 g/mol. The molecule has 18 heavy (non-hydrogen) atoms. The van der Waals surface area contributed by atoms with Crippen molar-refractivity contribution in [2.45, 2.75) is 31.1 Å². The van der Waals surface area contributed by atoms with E-state index in [2.05, 4.69) is 36.1 Å². The topological polar surface area (TPSA) is 40.5 Å². The van der Waals surface area contributed by atoms with Gasteiger partial charge in [0, 0.05) is 30.6 Å². The minimum Gasteiger partial charge on any atom is -0.481 e. The molecule has 0 saturated heterocycles. The number of unbranched alkanes of at least 4 members (excludes halogenated alkanes) is 1. The fourth-order valence-electron chi connectivity index (χ4n) is 1.72. The number of hydrogen-bond donors (Lipinski definition) is 1. The van der Waals surface area contributed by atoms with Gasteiger partial charge >= 0.3 is 5.97 Å². The summed E-state index contributed by atoms with van der Waals surface area (Å²) in [7, 11) is 2.04. The Labute approximate surface area is 113 Å². The smallest absolute Gasteiger partial charge is 0.303 e. The number of hydrogen-bond acceptors (Lipinski definition) is 3. The van der Waals surface area contributed by atoms with Crippen LogP contribution in [0.15, 0.2) is 29.2 Å². The van der Waals surface area contributed by atoms with Crippen molar-refractivity contribution in [3.63, 3.8) is 0 Å². The van der Waals surface area contributed by atoms with Crippen molar-refractivity contribution in [1.82, 2.24) is 0 Å². The molecule has 0 aliphatic heterocycles. The number of aliphatic carboxylic acids is 1. The van der Waals surface area contributed by atoms with E-state index in [-0.39, 0.29) is 6.42 Å². The molecule has 1 N–H and O–H groups in total. The lowest BCUT2D eigenvalue weighted by Crippen LogP contribution is -2.18. The molecular formula is C14H21NO2S. The van der Waals surface area contributed by atoms with Gasteiger partial charge in [-0.3, -0.25) is 4.79 Å². The number of carboxylic acid groups (broad SMARTS) is 1. The lowest BCUT2D eigenvalue weighted by molar-refractivity contribution is -0.137. The van der Waals surface area contributed by atoms with Gasteiger partial charge in [0.15, 0.2) is 0 Å². The van der Waals surface area contributed by atoms with E-state index >= 15 is 0 Å². The van der Waals surface area contributed by atoms with Crippen molar-refractivity contribution < 1.29 is 9.90 Å². The molecule has 0 saturated carbocycles. The number of nitrogens with zero attached hydrogens (tertiary/aromatic N) is 1. The number of thioether (sulfide) groups is 1. The number of carbonyl (C=O) groups is 1. The third-order valence-electron chi connectivity index (χ3n) is 2.72. The Morgan fingerprint density at radius 3 is 2.50 bits per heavy atom. The van der Waals surface area contributed by atoms with Gasteiger partial charge in [0.25, 0.3) is 0 Å². The Bertz CT molecular complexity index is 365. The van der Waals surface area contributed by atoms with E-state index in [1.807, 2.05) is 18.8 Å². The standard InChI is InChI=1S/C14H21NO2S/c1-3-18-13-9-7-12(8-10-13)15(2)11-5-4-6-14(16)17/h7-10H,3-6,11H2,1-2H3,(H,16,17). The summed E-state index contributed by atoms with van der Waals surface area (Å²) >= 11 is 1.84. The van der Waals surface area contributed by atoms with E-state index in [0.717, 1.165) is 25.1 Å². The zero-order valence-corrected chi connectivity index (χ0v) is 11.9. The maximum absolute atomic E-state index is 10.4. The van der Waals surface area contributed by atoms with Gasteiger partial charge in [-0.05, 0) is 42.9 Å². The van der Waals surface area contributed by atoms with Crippen molar-refractivity contribution in [2.24, 2.45) is 0 Å². The molecule has 0 bridgehead atoms. The quantitative estimate of drug-likeness (QED) is 0.578. The molecule has 0 aliphatic rings. The summed E-state index contributed by atoms with van der Waals surface area (Å²) in [5.74, 6) is 0.378. The summed E-state index contributed by atoms with van der Waals surface area (Å²) < 4.78 is 0. The second-order valence-electron chi connectivity index (χ2n) is 4.20. The summed E-state index contributed by atoms with van der Waals surface area (Å²) in [5, 5.41) is 8.56. The molecule has 0 atom stereocenters. The molecule has 0 fully saturated rings. The van der Waals surface area contributed by atoms with E-state index < -0.39 is 5.97 Å². The van der Waals surface area contributed by atoms with E-state index in [1.54, 1.807) is 0 Å². The average molecular weight is 267 g/mol. The molecule has 3 nitrogen and oxygen atoms in total. The lowest BCUT2D eigenvalue weighted by atomic mass is 10.2. The molecule has 0 aromatic heterocycles. The third-order valence-corrected chi connectivity index (χ3v) is 3.62. The van der Waals surface area contributed by atoms with Crippen LogP contribution in [-0.4, -0.2) is 30.4 Å². The molecule has 0 unspecified atom stereocenters. The van der Waals surface area contributed by atoms with Crippen LogP contribution in [-0.2, 0) is 4.79 Å². The first kappa shape index (κ1) is 14.9. The highest BCUT2D eigenvalue weighted by molar-refractivity contribution is 7.99. The van der Waals surface area contributed by atoms with E-state index in [9.17, 15) is 4.79 Å². The van der Waals surface area contributed by atoms with Gasteiger partial charge in [-0.1, -0.05) is 6.92 Å². The van der Waals surface area contributed by atoms with Crippen LogP contribution >= 0.6 is 11.8 Å². The van der Waals surface area contributed by atoms with Crippen LogP contribution in [0, 0.1) is 0 Å². The van der Waals surface area contributed by atoms with Crippen molar-refractivity contribution >= 4 is 23.4 Å². The molecule has 0 aliphatic carbocycles. The van der Waals surface area contributed by atoms with E-state index in [1.165, 1.54) is 10.6 Å². The van der Waals surface area contributed by atoms with Gasteiger partial charge in [-0.2, -0.15) is 0 Å². The van der Waals surface area contributed by atoms with Crippen LogP contribution in [0.25, 0.3) is 0 Å². The van der Waals surface area contributed by atoms with Crippen LogP contribution < -0.4 is 4.90 Å². The fraction of sp³-hybridized carbons (Fsp3) is 0.500. The highest BCUT2D eigenvalue weighted by Crippen LogP contribution is 2.21. The SMILES string of the molecule is CCSc1ccc(N(C)CCCCC(=O)O)cc1. The summed E-state index contributed by atoms with van der Waals surface area (Å²) in [5.41, 5.74) is 1.19. The van der Waals surface area contributed by atoms with Crippen LogP contribution in [0.5, 0.6) is 0 Å². The zero-order chi connectivity index (χ0) is 13.4. The van der Waals surface area contributed by atoms with Gasteiger partial charge in [0.2, 0.25) is 0 Å². The first-order valence-electron chi connectivity index (χ1n) is 6.29. The molecule has 0 spiro atoms. The minimum atomic E-state index is -0.710. The van der Waals surface area contributed by atoms with Crippen molar-refractivity contribution in [3.8, 4) is 0 Å². The van der Waals surface area contributed by atoms with Gasteiger partial charge < -0.3 is 10.0 Å². The summed E-state index contributed by atoms with van der Waals surface area (Å²) in [6.45, 7) is 3.04. The molecule has 0 radical (unpaired) electrons. The molecule has 0 heterocycles. The summed E-state index contributed by atoms with van der Waals surface area (Å²) in [6.07, 6.45) is 1.91. The predicted octanol–water partition coefficient (Wildman–Crippen LogP) is 3.49. The Morgan fingerprint density at radius 1 is 1.28 bits per heavy atom. The Balaban J connectivity index is 2.36. The maximum Gasteiger partial charge on any atom is 0.303 e. The van der Waals surface area contributed by atoms with Crippen molar-refractivity contribution in [2.75, 3.05) is 24.2 Å². The van der Waals surface area contributed by atoms with Crippen LogP contribution in [0.3, 0.4) is 0 Å². The first-order chi connectivity index (χ1) is 8.63. The number of carboxylic acids is 1. The molecule has 1 aromatic rings. The molecule has 1 rings (SSSR count). The van der Waals surface area contributed by atoms with Crippen LogP contribution in [0.2, 0.25) is 0 Å². The Morgan fingerprint density at radius 2 is 1.94 bits per heavy atom. The van der Waals surface area contributed by atoms with E-state index in [0.29, 0.717) is 0 Å². The van der Waals surface area contributed by atoms with Crippen molar-refractivity contribution in [3.05, 3.63) is 24.3 Å². The van der Waals surface area contributed by atoms with Gasteiger partial charge in [-0.15, -0.1) is 11.8 Å². The highest BCUT2D eigenvalue weighted by Gasteiger charge is 2.02. The zero-order valence-electron chi connectivity index (χ0n) is 11.1. The molecule has 1 aromatic carbocycles. The van der Waals surface area contributed by atoms with Gasteiger partial charge in [0.05, 0.1) is 0 Å². The Hall–Kier alpha value is -1.16. The number of benzene rings is 1. The van der Waals surface area contributed by atoms with Gasteiger partial charge in [-0.25, -0.2) is 0 Å². The number of anilines is 1. The minimum absolute atomic E-state index is 0.264. The van der Waals surface area contributed by atoms with Crippen molar-refractivity contribution in [1.29, 1.82) is 0 Å². The van der Waals surface area contributed by atoms with E-state index in [4.69, 9.17) is 5.11 Å². The molecule has 100 valence electrons. The fourth-order valence-corrected chi connectivity index (χ4v) is 2.38. The number of rotatable bonds is 8. The maximum atomic E-state index is 10.4. The second-order valence-corrected chi connectivity index (χ2v) is 5.54. The summed E-state index contributed by atoms with van der Waals surface area (Å²) in [6, 6.07) is 8.51. The molecule has 0 amide bonds.